The van der Waals surface area contributed by atoms with E-state index >= 15 is 0 Å². The smallest absolute Gasteiger partial charge is 0.235 e. The number of aliphatic imine (C=N–C) groups is 1. The van der Waals surface area contributed by atoms with Crippen LogP contribution in [0.15, 0.2) is 17.3 Å². The summed E-state index contributed by atoms with van der Waals surface area (Å²) >= 11 is 0. The fourth-order valence-electron chi connectivity index (χ4n) is 1.48. The third-order valence-corrected chi connectivity index (χ3v) is 2.23. The number of rotatable bonds is 4. The lowest BCUT2D eigenvalue weighted by Gasteiger charge is -2.22. The second kappa shape index (κ2) is 4.77. The Labute approximate surface area is 94.1 Å². The summed E-state index contributed by atoms with van der Waals surface area (Å²) < 4.78 is 10.4. The summed E-state index contributed by atoms with van der Waals surface area (Å²) in [5, 5.41) is 0. The molecule has 1 aromatic heterocycles. The Bertz CT molecular complexity index is 401. The molecule has 0 aliphatic carbocycles. The van der Waals surface area contributed by atoms with E-state index in [4.69, 9.17) is 9.47 Å². The Morgan fingerprint density at radius 3 is 2.56 bits per heavy atom. The van der Waals surface area contributed by atoms with Crippen LogP contribution in [0.25, 0.3) is 0 Å². The molecule has 0 spiro atoms. The first-order chi connectivity index (χ1) is 7.56. The monoisotopic (exact) mass is 222 g/mol. The highest BCUT2D eigenvalue weighted by atomic mass is 16.5. The van der Waals surface area contributed by atoms with Crippen molar-refractivity contribution in [2.75, 3.05) is 14.2 Å². The molecule has 0 radical (unpaired) electrons. The van der Waals surface area contributed by atoms with Crippen LogP contribution in [0.5, 0.6) is 11.6 Å². The van der Waals surface area contributed by atoms with Crippen molar-refractivity contribution in [3.05, 3.63) is 17.8 Å². The average molecular weight is 222 g/mol. The van der Waals surface area contributed by atoms with Gasteiger partial charge in [0, 0.05) is 6.20 Å². The highest BCUT2D eigenvalue weighted by molar-refractivity contribution is 5.47. The molecule has 0 unspecified atom stereocenters. The Morgan fingerprint density at radius 2 is 2.06 bits per heavy atom. The van der Waals surface area contributed by atoms with Gasteiger partial charge in [-0.05, 0) is 19.9 Å². The maximum Gasteiger partial charge on any atom is 0.235 e. The fraction of sp³-hybridized carbons (Fsp3) is 0.455. The van der Waals surface area contributed by atoms with Gasteiger partial charge in [0.25, 0.3) is 0 Å². The molecule has 16 heavy (non-hydrogen) atoms. The van der Waals surface area contributed by atoms with Crippen LogP contribution in [-0.4, -0.2) is 25.3 Å². The molecule has 1 aromatic rings. The lowest BCUT2D eigenvalue weighted by atomic mass is 9.95. The number of pyridine rings is 1. The highest BCUT2D eigenvalue weighted by Gasteiger charge is 2.29. The van der Waals surface area contributed by atoms with Gasteiger partial charge in [-0.15, -0.1) is 0 Å². The minimum atomic E-state index is -0.785. The number of ether oxygens (including phenoxy) is 2. The van der Waals surface area contributed by atoms with Crippen molar-refractivity contribution in [3.63, 3.8) is 0 Å². The van der Waals surface area contributed by atoms with Gasteiger partial charge >= 0.3 is 0 Å². The van der Waals surface area contributed by atoms with Crippen molar-refractivity contribution in [1.29, 1.82) is 0 Å². The van der Waals surface area contributed by atoms with Gasteiger partial charge in [0.05, 0.1) is 19.8 Å². The summed E-state index contributed by atoms with van der Waals surface area (Å²) in [5.74, 6) is 0.971. The highest BCUT2D eigenvalue weighted by Crippen LogP contribution is 2.37. The van der Waals surface area contributed by atoms with Crippen LogP contribution in [-0.2, 0) is 10.3 Å². The second-order valence-electron chi connectivity index (χ2n) is 3.66. The molecule has 0 aromatic carbocycles. The topological polar surface area (TPSA) is 60.8 Å². The van der Waals surface area contributed by atoms with Crippen molar-refractivity contribution in [3.8, 4) is 11.6 Å². The van der Waals surface area contributed by atoms with Gasteiger partial charge in [-0.3, -0.25) is 0 Å². The van der Waals surface area contributed by atoms with Gasteiger partial charge < -0.3 is 9.47 Å². The maximum absolute atomic E-state index is 10.4. The maximum atomic E-state index is 10.4. The van der Waals surface area contributed by atoms with Crippen molar-refractivity contribution in [1.82, 2.24) is 4.98 Å². The first-order valence-electron chi connectivity index (χ1n) is 4.73. The quantitative estimate of drug-likeness (QED) is 0.574. The molecule has 0 aliphatic heterocycles. The zero-order valence-electron chi connectivity index (χ0n) is 9.77. The van der Waals surface area contributed by atoms with Gasteiger partial charge in [0.2, 0.25) is 12.0 Å². The Balaban J connectivity index is 3.44. The minimum absolute atomic E-state index is 0.392. The molecule has 1 rings (SSSR count). The molecule has 0 N–H and O–H groups in total. The third-order valence-electron chi connectivity index (χ3n) is 2.23. The second-order valence-corrected chi connectivity index (χ2v) is 3.66. The van der Waals surface area contributed by atoms with E-state index in [1.807, 2.05) is 0 Å². The average Bonchev–Trinajstić information content (AvgIpc) is 2.27. The van der Waals surface area contributed by atoms with Gasteiger partial charge in [0.1, 0.15) is 11.3 Å². The summed E-state index contributed by atoms with van der Waals surface area (Å²) in [6.07, 6.45) is 3.12. The van der Waals surface area contributed by atoms with E-state index in [-0.39, 0.29) is 0 Å². The van der Waals surface area contributed by atoms with Crippen LogP contribution in [0.4, 0.5) is 0 Å². The van der Waals surface area contributed by atoms with Crippen LogP contribution >= 0.6 is 0 Å². The van der Waals surface area contributed by atoms with Crippen LogP contribution in [0, 0.1) is 0 Å². The zero-order valence-corrected chi connectivity index (χ0v) is 9.77. The van der Waals surface area contributed by atoms with Crippen LogP contribution in [0.2, 0.25) is 0 Å². The third kappa shape index (κ3) is 2.20. The molecule has 0 fully saturated rings. The van der Waals surface area contributed by atoms with E-state index in [2.05, 4.69) is 9.98 Å². The van der Waals surface area contributed by atoms with Crippen molar-refractivity contribution >= 4 is 6.08 Å². The van der Waals surface area contributed by atoms with Crippen molar-refractivity contribution in [2.24, 2.45) is 4.99 Å². The fourth-order valence-corrected chi connectivity index (χ4v) is 1.48. The van der Waals surface area contributed by atoms with Gasteiger partial charge in [0.15, 0.2) is 0 Å². The van der Waals surface area contributed by atoms with E-state index in [1.165, 1.54) is 7.11 Å². The van der Waals surface area contributed by atoms with Gasteiger partial charge in [-0.25, -0.2) is 9.78 Å². The number of hydrogen-bond donors (Lipinski definition) is 0. The zero-order chi connectivity index (χ0) is 12.2. The number of methoxy groups -OCH3 is 2. The van der Waals surface area contributed by atoms with Crippen molar-refractivity contribution < 1.29 is 14.3 Å². The molecule has 5 heteroatoms. The normalized spacial score (nSPS) is 10.5. The van der Waals surface area contributed by atoms with Crippen LogP contribution < -0.4 is 9.47 Å². The molecule has 1 heterocycles. The summed E-state index contributed by atoms with van der Waals surface area (Å²) in [4.78, 5) is 18.2. The van der Waals surface area contributed by atoms with E-state index in [1.54, 1.807) is 39.3 Å². The number of nitrogens with zero attached hydrogens (tertiary/aromatic N) is 2. The lowest BCUT2D eigenvalue weighted by Crippen LogP contribution is -2.17. The van der Waals surface area contributed by atoms with E-state index in [0.717, 1.165) is 0 Å². The van der Waals surface area contributed by atoms with Crippen molar-refractivity contribution in [2.45, 2.75) is 19.4 Å². The molecule has 0 bridgehead atoms. The Morgan fingerprint density at radius 1 is 1.38 bits per heavy atom. The summed E-state index contributed by atoms with van der Waals surface area (Å²) in [5.41, 5.74) is -0.157. The predicted octanol–water partition coefficient (Wildman–Crippen LogP) is 1.67. The summed E-state index contributed by atoms with van der Waals surface area (Å²) in [6.45, 7) is 3.53. The Hall–Kier alpha value is -1.87. The molecule has 0 saturated carbocycles. The van der Waals surface area contributed by atoms with Crippen LogP contribution in [0.1, 0.15) is 19.4 Å². The molecule has 86 valence electrons. The van der Waals surface area contributed by atoms with Crippen LogP contribution in [0.3, 0.4) is 0 Å². The summed E-state index contributed by atoms with van der Waals surface area (Å²) in [7, 11) is 3.05. The molecule has 0 amide bonds. The minimum Gasteiger partial charge on any atom is -0.496 e. The first kappa shape index (κ1) is 12.2. The molecule has 0 saturated heterocycles. The standard InChI is InChI=1S/C11H14N2O3/c1-11(2,13-7-14)9-8(15-3)5-6-12-10(9)16-4/h5-6H,1-4H3. The van der Waals surface area contributed by atoms with Gasteiger partial charge in [-0.1, -0.05) is 0 Å². The molecular formula is C11H14N2O3. The Kier molecular flexibility index (Phi) is 3.64. The molecule has 0 atom stereocenters. The summed E-state index contributed by atoms with van der Waals surface area (Å²) in [6, 6.07) is 1.69. The number of aromatic nitrogens is 1. The number of carbonyl (C=O) groups excluding carboxylic acids is 1. The molecular weight excluding hydrogens is 208 g/mol. The van der Waals surface area contributed by atoms with E-state index in [0.29, 0.717) is 17.2 Å². The SMILES string of the molecule is COc1ccnc(OC)c1C(C)(C)N=C=O. The number of hydrogen-bond acceptors (Lipinski definition) is 5. The van der Waals surface area contributed by atoms with E-state index < -0.39 is 5.54 Å². The molecule has 0 aliphatic rings. The number of isocyanates is 1. The molecule has 5 nitrogen and oxygen atoms in total. The lowest BCUT2D eigenvalue weighted by molar-refractivity contribution is 0.353. The van der Waals surface area contributed by atoms with Gasteiger partial charge in [-0.2, -0.15) is 4.99 Å². The van der Waals surface area contributed by atoms with E-state index in [9.17, 15) is 4.79 Å². The first-order valence-corrected chi connectivity index (χ1v) is 4.73. The largest absolute Gasteiger partial charge is 0.496 e. The predicted molar refractivity (Wildman–Crippen MR) is 58.5 cm³/mol.